The van der Waals surface area contributed by atoms with E-state index < -0.39 is 15.6 Å². The molecule has 0 N–H and O–H groups in total. The van der Waals surface area contributed by atoms with E-state index in [1.807, 2.05) is 37.3 Å². The average Bonchev–Trinajstić information content (AvgIpc) is 3.25. The predicted octanol–water partition coefficient (Wildman–Crippen LogP) is 4.61. The van der Waals surface area contributed by atoms with Crippen LogP contribution in [0.25, 0.3) is 33.2 Å². The molecule has 0 aliphatic carbocycles. The molecule has 0 atom stereocenters. The zero-order valence-corrected chi connectivity index (χ0v) is 22.7. The monoisotopic (exact) mass is 561 g/mol. The van der Waals surface area contributed by atoms with Gasteiger partial charge in [0.15, 0.2) is 0 Å². The fraction of sp³-hybridized carbons (Fsp3) is 0.172. The number of fused-ring (bicyclic) bond motifs is 1. The summed E-state index contributed by atoms with van der Waals surface area (Å²) in [5, 5.41) is 0.205. The Morgan fingerprint density at radius 1 is 0.897 bits per heavy atom. The molecule has 10 heteroatoms. The number of halogens is 1. The number of hydrogen-bond acceptors (Lipinski definition) is 5. The number of nitrogens with zero attached hydrogens (tertiary/aromatic N) is 3. The van der Waals surface area contributed by atoms with Crippen LogP contribution in [-0.4, -0.2) is 34.7 Å². The fourth-order valence-corrected chi connectivity index (χ4v) is 6.77. The number of aromatic nitrogens is 3. The maximum absolute atomic E-state index is 13.7. The molecule has 8 nitrogen and oxygen atoms in total. The van der Waals surface area contributed by atoms with Gasteiger partial charge in [0.05, 0.1) is 24.2 Å². The summed E-state index contributed by atoms with van der Waals surface area (Å²) in [7, 11) is -2.65. The minimum Gasteiger partial charge on any atom is -0.377 e. The Balaban J connectivity index is 1.67. The van der Waals surface area contributed by atoms with Crippen molar-refractivity contribution in [3.8, 4) is 22.3 Å². The first-order valence-electron chi connectivity index (χ1n) is 12.3. The topological polar surface area (TPSA) is 92.3 Å². The van der Waals surface area contributed by atoms with Gasteiger partial charge in [0.2, 0.25) is 0 Å². The number of aryl methyl sites for hydroxylation is 2. The van der Waals surface area contributed by atoms with E-state index >= 15 is 0 Å². The van der Waals surface area contributed by atoms with Crippen molar-refractivity contribution < 1.29 is 13.2 Å². The van der Waals surface area contributed by atoms with Gasteiger partial charge in [-0.1, -0.05) is 59.6 Å². The highest BCUT2D eigenvalue weighted by Gasteiger charge is 2.28. The van der Waals surface area contributed by atoms with Crippen molar-refractivity contribution in [2.45, 2.75) is 17.9 Å². The molecule has 2 aromatic carbocycles. The Labute approximate surface area is 229 Å². The molecule has 198 valence electrons. The molecule has 0 bridgehead atoms. The van der Waals surface area contributed by atoms with Crippen molar-refractivity contribution in [2.75, 3.05) is 13.2 Å². The first-order chi connectivity index (χ1) is 18.7. The van der Waals surface area contributed by atoms with Crippen molar-refractivity contribution in [1.29, 1.82) is 0 Å². The molecule has 3 aromatic heterocycles. The minimum absolute atomic E-state index is 0.00949. The fourth-order valence-electron chi connectivity index (χ4n) is 4.91. The van der Waals surface area contributed by atoms with Crippen LogP contribution in [0.4, 0.5) is 0 Å². The molecule has 0 amide bonds. The van der Waals surface area contributed by atoms with Gasteiger partial charge in [-0.15, -0.1) is 0 Å². The summed E-state index contributed by atoms with van der Waals surface area (Å²) in [6, 6.07) is 18.8. The zero-order valence-electron chi connectivity index (χ0n) is 21.2. The summed E-state index contributed by atoms with van der Waals surface area (Å²) >= 11 is 6.55. The lowest BCUT2D eigenvalue weighted by Crippen LogP contribution is -2.37. The van der Waals surface area contributed by atoms with Gasteiger partial charge >= 0.3 is 0 Å². The van der Waals surface area contributed by atoms with Crippen LogP contribution < -0.4 is 11.1 Å². The third-order valence-corrected chi connectivity index (χ3v) is 9.19. The van der Waals surface area contributed by atoms with Gasteiger partial charge in [-0.3, -0.25) is 9.59 Å². The lowest BCUT2D eigenvalue weighted by atomic mass is 9.95. The lowest BCUT2D eigenvalue weighted by molar-refractivity contribution is -0.0247. The number of ether oxygens (including phenoxy) is 1. The summed E-state index contributed by atoms with van der Waals surface area (Å²) < 4.78 is 36.6. The number of benzene rings is 2. The molecule has 1 saturated heterocycles. The van der Waals surface area contributed by atoms with Crippen LogP contribution >= 0.6 is 11.6 Å². The van der Waals surface area contributed by atoms with Crippen LogP contribution in [0.1, 0.15) is 11.6 Å². The van der Waals surface area contributed by atoms with Crippen LogP contribution in [0.2, 0.25) is 5.15 Å². The van der Waals surface area contributed by atoms with Crippen LogP contribution in [0.5, 0.6) is 0 Å². The van der Waals surface area contributed by atoms with Crippen molar-refractivity contribution in [1.82, 2.24) is 13.1 Å². The Morgan fingerprint density at radius 3 is 2.23 bits per heavy atom. The highest BCUT2D eigenvalue weighted by molar-refractivity contribution is 7.90. The van der Waals surface area contributed by atoms with E-state index in [1.54, 1.807) is 36.1 Å². The Bertz CT molecular complexity index is 1970. The second-order valence-electron chi connectivity index (χ2n) is 9.67. The maximum Gasteiger partial charge on any atom is 0.275 e. The summed E-state index contributed by atoms with van der Waals surface area (Å²) in [5.74, 6) is 0. The van der Waals surface area contributed by atoms with Gasteiger partial charge in [0.1, 0.15) is 10.7 Å². The first kappa shape index (κ1) is 25.4. The van der Waals surface area contributed by atoms with Crippen LogP contribution in [-0.2, 0) is 21.8 Å². The molecule has 0 saturated carbocycles. The Morgan fingerprint density at radius 2 is 1.59 bits per heavy atom. The molecule has 6 rings (SSSR count). The Hall–Kier alpha value is -3.92. The summed E-state index contributed by atoms with van der Waals surface area (Å²) in [4.78, 5) is 26.7. The van der Waals surface area contributed by atoms with Gasteiger partial charge in [-0.2, -0.15) is 0 Å². The van der Waals surface area contributed by atoms with E-state index in [0.29, 0.717) is 29.7 Å². The summed E-state index contributed by atoms with van der Waals surface area (Å²) in [6.07, 6.45) is 3.42. The highest BCUT2D eigenvalue weighted by atomic mass is 35.5. The standard InChI is InChI=1S/C29H24ClN3O5S/c1-18-8-10-21(11-9-18)39(36,37)33-26(30)12-23-25(14-31(2)29(35)28(23)33)22-13-27(34)32(20-16-38-17-20)15-24(22)19-6-4-3-5-7-19/h3-15,20H,16-17H2,1-2H3. The van der Waals surface area contributed by atoms with Gasteiger partial charge in [-0.05, 0) is 36.2 Å². The smallest absolute Gasteiger partial charge is 0.275 e. The first-order valence-corrected chi connectivity index (χ1v) is 14.1. The minimum atomic E-state index is -4.20. The Kier molecular flexibility index (Phi) is 6.10. The van der Waals surface area contributed by atoms with Gasteiger partial charge < -0.3 is 13.9 Å². The van der Waals surface area contributed by atoms with E-state index in [9.17, 15) is 18.0 Å². The molecular formula is C29H24ClN3O5S. The SMILES string of the molecule is Cc1ccc(S(=O)(=O)n2c(Cl)cc3c(-c4cc(=O)n(C5COC5)cc4-c4ccccc4)cn(C)c(=O)c32)cc1. The molecule has 1 aliphatic rings. The molecule has 1 aliphatic heterocycles. The second kappa shape index (κ2) is 9.37. The van der Waals surface area contributed by atoms with E-state index in [-0.39, 0.29) is 27.2 Å². The molecular weight excluding hydrogens is 538 g/mol. The lowest BCUT2D eigenvalue weighted by Gasteiger charge is -2.29. The van der Waals surface area contributed by atoms with E-state index in [2.05, 4.69) is 0 Å². The zero-order chi connectivity index (χ0) is 27.5. The average molecular weight is 562 g/mol. The second-order valence-corrected chi connectivity index (χ2v) is 11.8. The summed E-state index contributed by atoms with van der Waals surface area (Å²) in [5.41, 5.74) is 2.75. The number of rotatable bonds is 5. The van der Waals surface area contributed by atoms with Crippen molar-refractivity contribution >= 4 is 32.5 Å². The van der Waals surface area contributed by atoms with Gasteiger partial charge in [0.25, 0.3) is 21.1 Å². The molecule has 0 spiro atoms. The van der Waals surface area contributed by atoms with Crippen LogP contribution in [0.15, 0.2) is 93.6 Å². The van der Waals surface area contributed by atoms with Gasteiger partial charge in [0, 0.05) is 42.0 Å². The molecule has 39 heavy (non-hydrogen) atoms. The van der Waals surface area contributed by atoms with Crippen LogP contribution in [0.3, 0.4) is 0 Å². The molecule has 1 fully saturated rings. The third kappa shape index (κ3) is 4.14. The molecule has 5 aromatic rings. The molecule has 0 unspecified atom stereocenters. The largest absolute Gasteiger partial charge is 0.377 e. The van der Waals surface area contributed by atoms with Crippen LogP contribution in [0, 0.1) is 6.92 Å². The molecule has 0 radical (unpaired) electrons. The normalized spacial score (nSPS) is 14.0. The third-order valence-electron chi connectivity index (χ3n) is 7.08. The van der Waals surface area contributed by atoms with Gasteiger partial charge in [-0.25, -0.2) is 12.4 Å². The van der Waals surface area contributed by atoms with E-state index in [4.69, 9.17) is 16.3 Å². The van der Waals surface area contributed by atoms with E-state index in [1.165, 1.54) is 28.8 Å². The number of pyridine rings is 2. The molecule has 4 heterocycles. The predicted molar refractivity (Wildman–Crippen MR) is 151 cm³/mol. The van der Waals surface area contributed by atoms with E-state index in [0.717, 1.165) is 20.7 Å². The summed E-state index contributed by atoms with van der Waals surface area (Å²) in [6.45, 7) is 2.76. The number of hydrogen-bond donors (Lipinski definition) is 0. The quantitative estimate of drug-likeness (QED) is 0.312. The van der Waals surface area contributed by atoms with Crippen molar-refractivity contribution in [3.05, 3.63) is 111 Å². The highest BCUT2D eigenvalue weighted by Crippen LogP contribution is 2.38. The maximum atomic E-state index is 13.7. The van der Waals surface area contributed by atoms with Crippen molar-refractivity contribution in [2.24, 2.45) is 7.05 Å². The van der Waals surface area contributed by atoms with Crippen molar-refractivity contribution in [3.63, 3.8) is 0 Å².